The lowest BCUT2D eigenvalue weighted by molar-refractivity contribution is 0.0702. The van der Waals surface area contributed by atoms with Crippen molar-refractivity contribution >= 4 is 33.0 Å². The Morgan fingerprint density at radius 1 is 1.33 bits per heavy atom. The average Bonchev–Trinajstić information content (AvgIpc) is 2.92. The predicted molar refractivity (Wildman–Crippen MR) is 79.7 cm³/mol. The van der Waals surface area contributed by atoms with Gasteiger partial charge in [0.25, 0.3) is 10.0 Å². The lowest BCUT2D eigenvalue weighted by atomic mass is 10.3. The molecule has 2 N–H and O–H groups in total. The summed E-state index contributed by atoms with van der Waals surface area (Å²) < 4.78 is 31.9. The molecule has 0 aliphatic heterocycles. The Morgan fingerprint density at radius 2 is 2.00 bits per heavy atom. The van der Waals surface area contributed by atoms with Crippen molar-refractivity contribution in [2.45, 2.75) is 11.8 Å². The summed E-state index contributed by atoms with van der Waals surface area (Å²) in [6.45, 7) is 2.38. The first-order valence-electron chi connectivity index (χ1n) is 6.00. The molecule has 0 aliphatic carbocycles. The van der Waals surface area contributed by atoms with Crippen molar-refractivity contribution in [3.8, 4) is 5.75 Å². The van der Waals surface area contributed by atoms with Crippen molar-refractivity contribution < 1.29 is 23.1 Å². The van der Waals surface area contributed by atoms with E-state index >= 15 is 0 Å². The maximum atomic E-state index is 12.1. The predicted octanol–water partition coefficient (Wildman–Crippen LogP) is 2.65. The number of aromatic carboxylic acids is 1. The number of thiophene rings is 1. The summed E-state index contributed by atoms with van der Waals surface area (Å²) in [5, 5.41) is 10.1. The van der Waals surface area contributed by atoms with Crippen LogP contribution in [0.15, 0.2) is 40.6 Å². The zero-order valence-corrected chi connectivity index (χ0v) is 12.7. The molecule has 0 spiro atoms. The molecule has 1 heterocycles. The second-order valence-corrected chi connectivity index (χ2v) is 6.61. The van der Waals surface area contributed by atoms with E-state index in [-0.39, 0.29) is 9.77 Å². The molecule has 0 saturated carbocycles. The number of hydrogen-bond donors (Lipinski definition) is 2. The van der Waals surface area contributed by atoms with E-state index in [1.54, 1.807) is 24.3 Å². The Bertz CT molecular complexity index is 734. The molecule has 0 radical (unpaired) electrons. The second kappa shape index (κ2) is 6.15. The van der Waals surface area contributed by atoms with Gasteiger partial charge in [0, 0.05) is 11.1 Å². The zero-order chi connectivity index (χ0) is 15.5. The molecule has 6 nitrogen and oxygen atoms in total. The summed E-state index contributed by atoms with van der Waals surface area (Å²) in [6, 6.07) is 7.58. The van der Waals surface area contributed by atoms with Gasteiger partial charge in [-0.05, 0) is 37.3 Å². The molecule has 21 heavy (non-hydrogen) atoms. The summed E-state index contributed by atoms with van der Waals surface area (Å²) in [5.74, 6) is -0.508. The van der Waals surface area contributed by atoms with Crippen molar-refractivity contribution in [2.24, 2.45) is 0 Å². The molecule has 0 unspecified atom stereocenters. The van der Waals surface area contributed by atoms with Crippen molar-refractivity contribution in [3.05, 3.63) is 40.6 Å². The van der Waals surface area contributed by atoms with Crippen molar-refractivity contribution in [1.29, 1.82) is 0 Å². The van der Waals surface area contributed by atoms with Gasteiger partial charge in [0.2, 0.25) is 0 Å². The highest BCUT2D eigenvalue weighted by Gasteiger charge is 2.18. The van der Waals surface area contributed by atoms with Crippen LogP contribution in [0.25, 0.3) is 0 Å². The van der Waals surface area contributed by atoms with Crippen molar-refractivity contribution in [3.63, 3.8) is 0 Å². The van der Waals surface area contributed by atoms with E-state index in [1.807, 2.05) is 6.92 Å². The smallest absolute Gasteiger partial charge is 0.345 e. The molecular formula is C13H13NO5S2. The van der Waals surface area contributed by atoms with Crippen LogP contribution in [-0.4, -0.2) is 26.1 Å². The highest BCUT2D eigenvalue weighted by Crippen LogP contribution is 2.23. The fourth-order valence-electron chi connectivity index (χ4n) is 1.57. The Labute approximate surface area is 126 Å². The number of carboxylic acid groups (broad SMARTS) is 1. The summed E-state index contributed by atoms with van der Waals surface area (Å²) >= 11 is 0.865. The summed E-state index contributed by atoms with van der Waals surface area (Å²) in [6.07, 6.45) is 0. The Kier molecular flexibility index (Phi) is 4.49. The number of benzene rings is 1. The minimum atomic E-state index is -3.79. The molecule has 112 valence electrons. The first-order valence-corrected chi connectivity index (χ1v) is 8.36. The molecule has 1 aromatic heterocycles. The van der Waals surface area contributed by atoms with Gasteiger partial charge >= 0.3 is 5.97 Å². The van der Waals surface area contributed by atoms with Gasteiger partial charge in [-0.2, -0.15) is 0 Å². The van der Waals surface area contributed by atoms with Gasteiger partial charge in [0.1, 0.15) is 10.6 Å². The molecular weight excluding hydrogens is 314 g/mol. The Morgan fingerprint density at radius 3 is 2.52 bits per heavy atom. The van der Waals surface area contributed by atoms with Crippen LogP contribution in [0.4, 0.5) is 5.69 Å². The van der Waals surface area contributed by atoms with E-state index in [1.165, 1.54) is 5.38 Å². The number of carbonyl (C=O) groups is 1. The number of sulfonamides is 1. The van der Waals surface area contributed by atoms with Gasteiger partial charge in [0.15, 0.2) is 0 Å². The molecule has 8 heteroatoms. The molecule has 0 bridgehead atoms. The fraction of sp³-hybridized carbons (Fsp3) is 0.154. The number of ether oxygens (including phenoxy) is 1. The van der Waals surface area contributed by atoms with E-state index in [2.05, 4.69) is 4.72 Å². The molecule has 0 atom stereocenters. The molecule has 2 aromatic rings. The lowest BCUT2D eigenvalue weighted by Crippen LogP contribution is -2.12. The topological polar surface area (TPSA) is 92.7 Å². The zero-order valence-electron chi connectivity index (χ0n) is 11.1. The maximum Gasteiger partial charge on any atom is 0.345 e. The van der Waals surface area contributed by atoms with E-state index in [9.17, 15) is 13.2 Å². The van der Waals surface area contributed by atoms with E-state index in [0.717, 1.165) is 17.4 Å². The minimum Gasteiger partial charge on any atom is -0.494 e. The van der Waals surface area contributed by atoms with Gasteiger partial charge in [-0.25, -0.2) is 13.2 Å². The average molecular weight is 327 g/mol. The Hall–Kier alpha value is -2.06. The number of anilines is 1. The van der Waals surface area contributed by atoms with Crippen LogP contribution in [0.3, 0.4) is 0 Å². The van der Waals surface area contributed by atoms with E-state index < -0.39 is 16.0 Å². The van der Waals surface area contributed by atoms with E-state index in [0.29, 0.717) is 18.0 Å². The SMILES string of the molecule is CCOc1ccc(NS(=O)(=O)c2csc(C(=O)O)c2)cc1. The fourth-order valence-corrected chi connectivity index (χ4v) is 3.74. The summed E-state index contributed by atoms with van der Waals surface area (Å²) in [5.41, 5.74) is 0.376. The highest BCUT2D eigenvalue weighted by molar-refractivity contribution is 7.92. The number of hydrogen-bond acceptors (Lipinski definition) is 5. The molecule has 0 amide bonds. The van der Waals surface area contributed by atoms with Gasteiger partial charge < -0.3 is 9.84 Å². The van der Waals surface area contributed by atoms with Crippen LogP contribution in [0.2, 0.25) is 0 Å². The first-order chi connectivity index (χ1) is 9.92. The molecule has 2 rings (SSSR count). The first kappa shape index (κ1) is 15.3. The maximum absolute atomic E-state index is 12.1. The summed E-state index contributed by atoms with van der Waals surface area (Å²) in [7, 11) is -3.79. The van der Waals surface area contributed by atoms with Gasteiger partial charge in [-0.3, -0.25) is 4.72 Å². The van der Waals surface area contributed by atoms with Gasteiger partial charge in [-0.1, -0.05) is 0 Å². The number of nitrogens with one attached hydrogen (secondary N) is 1. The number of carboxylic acids is 1. The van der Waals surface area contributed by atoms with Gasteiger partial charge in [0.05, 0.1) is 11.5 Å². The van der Waals surface area contributed by atoms with Crippen LogP contribution in [0, 0.1) is 0 Å². The molecule has 1 aromatic carbocycles. The molecule has 0 fully saturated rings. The third kappa shape index (κ3) is 3.73. The van der Waals surface area contributed by atoms with Crippen LogP contribution in [-0.2, 0) is 10.0 Å². The lowest BCUT2D eigenvalue weighted by Gasteiger charge is -2.07. The third-order valence-electron chi connectivity index (χ3n) is 2.51. The summed E-state index contributed by atoms with van der Waals surface area (Å²) in [4.78, 5) is 10.7. The third-order valence-corrected chi connectivity index (χ3v) is 4.94. The Balaban J connectivity index is 2.18. The van der Waals surface area contributed by atoms with Crippen molar-refractivity contribution in [2.75, 3.05) is 11.3 Å². The molecule has 0 aliphatic rings. The van der Waals surface area contributed by atoms with Crippen LogP contribution in [0.5, 0.6) is 5.75 Å². The largest absolute Gasteiger partial charge is 0.494 e. The van der Waals surface area contributed by atoms with E-state index in [4.69, 9.17) is 9.84 Å². The standard InChI is InChI=1S/C13H13NO5S2/c1-2-19-10-5-3-9(4-6-10)14-21(17,18)11-7-12(13(15)16)20-8-11/h3-8,14H,2H2,1H3,(H,15,16). The highest BCUT2D eigenvalue weighted by atomic mass is 32.2. The van der Waals surface area contributed by atoms with Gasteiger partial charge in [-0.15, -0.1) is 11.3 Å². The number of rotatable bonds is 6. The van der Waals surface area contributed by atoms with Crippen molar-refractivity contribution in [1.82, 2.24) is 0 Å². The quantitative estimate of drug-likeness (QED) is 0.851. The molecule has 0 saturated heterocycles. The normalized spacial score (nSPS) is 11.1. The van der Waals surface area contributed by atoms with Crippen LogP contribution >= 0.6 is 11.3 Å². The minimum absolute atomic E-state index is 0.0259. The van der Waals surface area contributed by atoms with Crippen LogP contribution in [0.1, 0.15) is 16.6 Å². The second-order valence-electron chi connectivity index (χ2n) is 4.01. The van der Waals surface area contributed by atoms with Crippen LogP contribution < -0.4 is 9.46 Å². The monoisotopic (exact) mass is 327 g/mol.